The number of amides is 1. The van der Waals surface area contributed by atoms with Crippen molar-refractivity contribution in [2.75, 3.05) is 20.2 Å². The van der Waals surface area contributed by atoms with Crippen LogP contribution in [0.1, 0.15) is 19.8 Å². The minimum Gasteiger partial charge on any atom is -0.371 e. The normalized spacial score (nSPS) is 21.2. The van der Waals surface area contributed by atoms with E-state index >= 15 is 0 Å². The number of methoxy groups -OCH3 is 1. The molecule has 1 aliphatic rings. The molecule has 0 aromatic carbocycles. The number of hydrogen-bond acceptors (Lipinski definition) is 3. The van der Waals surface area contributed by atoms with Gasteiger partial charge in [-0.1, -0.05) is 0 Å². The molecule has 0 N–H and O–H groups in total. The Balaban J connectivity index is 2.55. The third-order valence-electron chi connectivity index (χ3n) is 2.68. The maximum atomic E-state index is 11.0. The van der Waals surface area contributed by atoms with Gasteiger partial charge in [0, 0.05) is 40.0 Å². The first-order chi connectivity index (χ1) is 6.13. The fourth-order valence-electron chi connectivity index (χ4n) is 1.57. The summed E-state index contributed by atoms with van der Waals surface area (Å²) in [6, 6.07) is 0. The average molecular weight is 185 g/mol. The molecule has 4 nitrogen and oxygen atoms in total. The Hall–Kier alpha value is -0.900. The molecule has 1 heterocycles. The van der Waals surface area contributed by atoms with Crippen LogP contribution in [0.5, 0.6) is 0 Å². The molecule has 74 valence electrons. The summed E-state index contributed by atoms with van der Waals surface area (Å²) in [4.78, 5) is 23.5. The summed E-state index contributed by atoms with van der Waals surface area (Å²) in [5.41, 5.74) is -0.647. The number of aldehydes is 1. The summed E-state index contributed by atoms with van der Waals surface area (Å²) in [6.07, 6.45) is 2.06. The van der Waals surface area contributed by atoms with E-state index in [2.05, 4.69) is 0 Å². The van der Waals surface area contributed by atoms with Crippen LogP contribution in [-0.4, -0.2) is 42.9 Å². The smallest absolute Gasteiger partial charge is 0.219 e. The molecule has 0 radical (unpaired) electrons. The van der Waals surface area contributed by atoms with E-state index in [9.17, 15) is 9.59 Å². The fourth-order valence-corrected chi connectivity index (χ4v) is 1.57. The van der Waals surface area contributed by atoms with Crippen LogP contribution < -0.4 is 0 Å². The van der Waals surface area contributed by atoms with Gasteiger partial charge in [-0.2, -0.15) is 0 Å². The van der Waals surface area contributed by atoms with Gasteiger partial charge in [-0.3, -0.25) is 4.79 Å². The zero-order chi connectivity index (χ0) is 9.90. The minimum absolute atomic E-state index is 0.0654. The second kappa shape index (κ2) is 3.87. The van der Waals surface area contributed by atoms with Gasteiger partial charge in [-0.05, 0) is 0 Å². The molecule has 1 fully saturated rings. The fraction of sp³-hybridized carbons (Fsp3) is 0.778. The summed E-state index contributed by atoms with van der Waals surface area (Å²) in [7, 11) is 1.54. The quantitative estimate of drug-likeness (QED) is 0.578. The molecule has 1 amide bonds. The molecule has 0 aromatic rings. The molecule has 0 spiro atoms. The molecule has 0 saturated carbocycles. The first-order valence-electron chi connectivity index (χ1n) is 4.40. The zero-order valence-electron chi connectivity index (χ0n) is 8.08. The minimum atomic E-state index is -0.647. The van der Waals surface area contributed by atoms with Gasteiger partial charge >= 0.3 is 0 Å². The Morgan fingerprint density at radius 2 is 2.00 bits per heavy atom. The van der Waals surface area contributed by atoms with E-state index in [4.69, 9.17) is 4.74 Å². The van der Waals surface area contributed by atoms with E-state index < -0.39 is 5.60 Å². The van der Waals surface area contributed by atoms with Crippen LogP contribution in [0.2, 0.25) is 0 Å². The number of nitrogens with zero attached hydrogens (tertiary/aromatic N) is 1. The number of rotatable bonds is 2. The maximum absolute atomic E-state index is 11.0. The molecule has 0 aromatic heterocycles. The van der Waals surface area contributed by atoms with Gasteiger partial charge in [0.05, 0.1) is 0 Å². The van der Waals surface area contributed by atoms with Gasteiger partial charge in [-0.15, -0.1) is 0 Å². The molecule has 1 aliphatic heterocycles. The van der Waals surface area contributed by atoms with Gasteiger partial charge in [0.25, 0.3) is 0 Å². The number of hydrogen-bond donors (Lipinski definition) is 0. The molecule has 4 heteroatoms. The first-order valence-corrected chi connectivity index (χ1v) is 4.40. The van der Waals surface area contributed by atoms with E-state index in [1.165, 1.54) is 7.11 Å². The predicted molar refractivity (Wildman–Crippen MR) is 47.3 cm³/mol. The Morgan fingerprint density at radius 1 is 1.46 bits per heavy atom. The van der Waals surface area contributed by atoms with Crippen LogP contribution in [0, 0.1) is 0 Å². The highest BCUT2D eigenvalue weighted by Gasteiger charge is 2.34. The van der Waals surface area contributed by atoms with E-state index in [1.807, 2.05) is 0 Å². The third-order valence-corrected chi connectivity index (χ3v) is 2.68. The van der Waals surface area contributed by atoms with E-state index in [0.717, 1.165) is 6.29 Å². The largest absolute Gasteiger partial charge is 0.371 e. The number of ether oxygens (including phenoxy) is 1. The lowest BCUT2D eigenvalue weighted by atomic mass is 9.93. The summed E-state index contributed by atoms with van der Waals surface area (Å²) in [5, 5.41) is 0. The van der Waals surface area contributed by atoms with Crippen LogP contribution in [0.4, 0.5) is 0 Å². The standard InChI is InChI=1S/C9H15NO3/c1-8(12)10-5-3-9(7-11,13-2)4-6-10/h7H,3-6H2,1-2H3. The molecule has 0 bridgehead atoms. The van der Waals surface area contributed by atoms with Crippen molar-refractivity contribution in [3.63, 3.8) is 0 Å². The topological polar surface area (TPSA) is 46.6 Å². The Morgan fingerprint density at radius 3 is 2.31 bits per heavy atom. The van der Waals surface area contributed by atoms with Crippen molar-refractivity contribution in [1.82, 2.24) is 4.90 Å². The van der Waals surface area contributed by atoms with Crippen molar-refractivity contribution in [2.24, 2.45) is 0 Å². The molecule has 1 saturated heterocycles. The summed E-state index contributed by atoms with van der Waals surface area (Å²) < 4.78 is 5.15. The van der Waals surface area contributed by atoms with Gasteiger partial charge in [0.1, 0.15) is 5.60 Å². The molecule has 13 heavy (non-hydrogen) atoms. The van der Waals surface area contributed by atoms with Crippen LogP contribution in [0.15, 0.2) is 0 Å². The summed E-state index contributed by atoms with van der Waals surface area (Å²) >= 11 is 0. The van der Waals surface area contributed by atoms with Crippen molar-refractivity contribution in [3.05, 3.63) is 0 Å². The van der Waals surface area contributed by atoms with E-state index in [-0.39, 0.29) is 5.91 Å². The lowest BCUT2D eigenvalue weighted by molar-refractivity contribution is -0.141. The number of carbonyl (C=O) groups is 2. The van der Waals surface area contributed by atoms with Crippen molar-refractivity contribution in [2.45, 2.75) is 25.4 Å². The predicted octanol–water partition coefficient (Wildman–Crippen LogP) is 0.213. The Bertz CT molecular complexity index is 207. The first kappa shape index (κ1) is 10.2. The van der Waals surface area contributed by atoms with Crippen LogP contribution in [0.3, 0.4) is 0 Å². The van der Waals surface area contributed by atoms with Crippen LogP contribution in [-0.2, 0) is 14.3 Å². The highest BCUT2D eigenvalue weighted by atomic mass is 16.5. The van der Waals surface area contributed by atoms with Crippen molar-refractivity contribution >= 4 is 12.2 Å². The molecule has 1 rings (SSSR count). The molecular weight excluding hydrogens is 170 g/mol. The Labute approximate surface area is 77.8 Å². The highest BCUT2D eigenvalue weighted by Crippen LogP contribution is 2.23. The molecule has 0 aliphatic carbocycles. The zero-order valence-corrected chi connectivity index (χ0v) is 8.08. The second-order valence-electron chi connectivity index (χ2n) is 3.39. The van der Waals surface area contributed by atoms with Crippen molar-refractivity contribution in [1.29, 1.82) is 0 Å². The van der Waals surface area contributed by atoms with Crippen LogP contribution >= 0.6 is 0 Å². The third kappa shape index (κ3) is 2.06. The van der Waals surface area contributed by atoms with Crippen molar-refractivity contribution < 1.29 is 14.3 Å². The monoisotopic (exact) mass is 185 g/mol. The Kier molecular flexibility index (Phi) is 3.03. The lowest BCUT2D eigenvalue weighted by Gasteiger charge is -2.36. The molecular formula is C9H15NO3. The van der Waals surface area contributed by atoms with Gasteiger partial charge < -0.3 is 14.4 Å². The molecule has 0 atom stereocenters. The number of piperidine rings is 1. The van der Waals surface area contributed by atoms with Gasteiger partial charge in [-0.25, -0.2) is 0 Å². The second-order valence-corrected chi connectivity index (χ2v) is 3.39. The van der Waals surface area contributed by atoms with E-state index in [1.54, 1.807) is 11.8 Å². The van der Waals surface area contributed by atoms with Gasteiger partial charge in [0.2, 0.25) is 5.91 Å². The molecule has 0 unspecified atom stereocenters. The SMILES string of the molecule is COC1(C=O)CCN(C(C)=O)CC1. The number of likely N-dealkylation sites (tertiary alicyclic amines) is 1. The maximum Gasteiger partial charge on any atom is 0.219 e. The highest BCUT2D eigenvalue weighted by molar-refractivity contribution is 5.74. The number of carbonyl (C=O) groups excluding carboxylic acids is 2. The summed E-state index contributed by atoms with van der Waals surface area (Å²) in [5.74, 6) is 0.0654. The van der Waals surface area contributed by atoms with Crippen molar-refractivity contribution in [3.8, 4) is 0 Å². The average Bonchev–Trinajstić information content (AvgIpc) is 2.18. The van der Waals surface area contributed by atoms with Gasteiger partial charge in [0.15, 0.2) is 6.29 Å². The van der Waals surface area contributed by atoms with Crippen LogP contribution in [0.25, 0.3) is 0 Å². The summed E-state index contributed by atoms with van der Waals surface area (Å²) in [6.45, 7) is 2.77. The van der Waals surface area contributed by atoms with E-state index in [0.29, 0.717) is 25.9 Å². The lowest BCUT2D eigenvalue weighted by Crippen LogP contribution is -2.48.